The van der Waals surface area contributed by atoms with Gasteiger partial charge in [0.05, 0.1) is 29.5 Å². The number of aromatic amines is 1. The average molecular weight is 366 g/mol. The van der Waals surface area contributed by atoms with E-state index in [1.807, 2.05) is 24.3 Å². The molecule has 0 saturated heterocycles. The number of imidazole rings is 1. The maximum Gasteiger partial charge on any atom is 0.134 e. The second-order valence-corrected chi connectivity index (χ2v) is 6.72. The minimum absolute atomic E-state index is 0.0144. The van der Waals surface area contributed by atoms with Gasteiger partial charge in [0.25, 0.3) is 0 Å². The average Bonchev–Trinajstić information content (AvgIpc) is 3.09. The number of methoxy groups -OCH3 is 1. The Morgan fingerprint density at radius 2 is 2.11 bits per heavy atom. The first kappa shape index (κ1) is 17.5. The Kier molecular flexibility index (Phi) is 4.75. The zero-order chi connectivity index (χ0) is 18.8. The molecule has 1 aliphatic carbocycles. The summed E-state index contributed by atoms with van der Waals surface area (Å²) >= 11 is 0. The highest BCUT2D eigenvalue weighted by molar-refractivity contribution is 5.84. The number of nitrogens with zero attached hydrogens (tertiary/aromatic N) is 1. The van der Waals surface area contributed by atoms with Crippen LogP contribution in [0.2, 0.25) is 0 Å². The van der Waals surface area contributed by atoms with E-state index in [2.05, 4.69) is 16.0 Å². The number of nitrogens with one attached hydrogen (secondary N) is 1. The first-order valence-corrected chi connectivity index (χ1v) is 8.99. The van der Waals surface area contributed by atoms with Gasteiger partial charge in [0.15, 0.2) is 0 Å². The minimum Gasteiger partial charge on any atom is -0.496 e. The molecule has 1 atom stereocenters. The van der Waals surface area contributed by atoms with E-state index in [0.29, 0.717) is 29.2 Å². The molecule has 0 spiro atoms. The van der Waals surface area contributed by atoms with Gasteiger partial charge in [0, 0.05) is 0 Å². The summed E-state index contributed by atoms with van der Waals surface area (Å²) in [5.41, 5.74) is 2.78. The standard InChI is InChI=1S/C22H20F2N2O/c1-27-20-4-2-3-17(24)22(20)15-8-11-18-19(13-15)26-21(25-18)12-7-14-5-9-16(23)10-6-14/h2-4,7-9,11-14H,5-6,10H2,1H3,(H,25,26). The molecule has 138 valence electrons. The van der Waals surface area contributed by atoms with E-state index in [1.54, 1.807) is 18.2 Å². The van der Waals surface area contributed by atoms with Crippen LogP contribution in [0.15, 0.2) is 54.4 Å². The molecule has 2 aromatic carbocycles. The second kappa shape index (κ2) is 7.35. The van der Waals surface area contributed by atoms with E-state index in [1.165, 1.54) is 13.2 Å². The fraction of sp³-hybridized carbons (Fsp3) is 0.227. The molecule has 0 radical (unpaired) electrons. The molecule has 5 heteroatoms. The van der Waals surface area contributed by atoms with Crippen molar-refractivity contribution in [2.45, 2.75) is 19.3 Å². The Balaban J connectivity index is 1.63. The maximum atomic E-state index is 14.3. The van der Waals surface area contributed by atoms with Gasteiger partial charge in [-0.3, -0.25) is 0 Å². The number of hydrogen-bond donors (Lipinski definition) is 1. The third kappa shape index (κ3) is 3.63. The highest BCUT2D eigenvalue weighted by atomic mass is 19.1. The summed E-state index contributed by atoms with van der Waals surface area (Å²) in [5, 5.41) is 0. The van der Waals surface area contributed by atoms with Crippen LogP contribution in [0, 0.1) is 11.7 Å². The van der Waals surface area contributed by atoms with Gasteiger partial charge in [0.1, 0.15) is 17.4 Å². The lowest BCUT2D eigenvalue weighted by molar-refractivity contribution is 0.413. The van der Waals surface area contributed by atoms with Crippen molar-refractivity contribution in [2.75, 3.05) is 7.11 Å². The van der Waals surface area contributed by atoms with Crippen LogP contribution in [0.4, 0.5) is 8.78 Å². The number of fused-ring (bicyclic) bond motifs is 1. The Hall–Kier alpha value is -2.95. The molecule has 1 aromatic heterocycles. The number of halogens is 2. The van der Waals surface area contributed by atoms with Crippen LogP contribution < -0.4 is 4.74 Å². The maximum absolute atomic E-state index is 14.3. The predicted octanol–water partition coefficient (Wildman–Crippen LogP) is 6.04. The van der Waals surface area contributed by atoms with Crippen LogP contribution in [0.3, 0.4) is 0 Å². The normalized spacial score (nSPS) is 17.4. The summed E-state index contributed by atoms with van der Waals surface area (Å²) in [6.07, 6.45) is 7.71. The zero-order valence-corrected chi connectivity index (χ0v) is 15.0. The van der Waals surface area contributed by atoms with Crippen molar-refractivity contribution in [1.82, 2.24) is 9.97 Å². The molecule has 0 aliphatic heterocycles. The molecule has 1 aliphatic rings. The molecule has 0 amide bonds. The molecule has 3 nitrogen and oxygen atoms in total. The highest BCUT2D eigenvalue weighted by Crippen LogP contribution is 2.34. The zero-order valence-electron chi connectivity index (χ0n) is 15.0. The fourth-order valence-corrected chi connectivity index (χ4v) is 3.44. The molecular weight excluding hydrogens is 346 g/mol. The first-order valence-electron chi connectivity index (χ1n) is 8.99. The SMILES string of the molecule is COc1cccc(F)c1-c1ccc2[nH]c(C=CC3CC=C(F)CC3)nc2c1. The number of allylic oxidation sites excluding steroid dienone is 3. The predicted molar refractivity (Wildman–Crippen MR) is 104 cm³/mol. The Bertz CT molecular complexity index is 1040. The number of benzene rings is 2. The number of ether oxygens (including phenoxy) is 1. The Morgan fingerprint density at radius 3 is 2.89 bits per heavy atom. The Labute approximate surface area is 156 Å². The summed E-state index contributed by atoms with van der Waals surface area (Å²) in [6.45, 7) is 0. The van der Waals surface area contributed by atoms with Crippen molar-refractivity contribution in [3.8, 4) is 16.9 Å². The Morgan fingerprint density at radius 1 is 1.22 bits per heavy atom. The summed E-state index contributed by atoms with van der Waals surface area (Å²) in [5.74, 6) is 1.21. The number of H-pyrrole nitrogens is 1. The van der Waals surface area contributed by atoms with E-state index in [-0.39, 0.29) is 11.6 Å². The van der Waals surface area contributed by atoms with Crippen LogP contribution in [-0.2, 0) is 0 Å². The van der Waals surface area contributed by atoms with Crippen molar-refractivity contribution < 1.29 is 13.5 Å². The molecule has 1 N–H and O–H groups in total. The summed E-state index contributed by atoms with van der Waals surface area (Å²) in [7, 11) is 1.53. The van der Waals surface area contributed by atoms with Crippen LogP contribution in [0.25, 0.3) is 28.2 Å². The lowest BCUT2D eigenvalue weighted by atomic mass is 9.93. The van der Waals surface area contributed by atoms with Gasteiger partial charge in [0.2, 0.25) is 0 Å². The van der Waals surface area contributed by atoms with E-state index >= 15 is 0 Å². The van der Waals surface area contributed by atoms with Gasteiger partial charge < -0.3 is 9.72 Å². The molecule has 3 aromatic rings. The minimum atomic E-state index is -0.332. The number of hydrogen-bond acceptors (Lipinski definition) is 2. The number of aromatic nitrogens is 2. The van der Waals surface area contributed by atoms with Crippen LogP contribution in [-0.4, -0.2) is 17.1 Å². The van der Waals surface area contributed by atoms with Crippen molar-refractivity contribution in [1.29, 1.82) is 0 Å². The second-order valence-electron chi connectivity index (χ2n) is 6.72. The van der Waals surface area contributed by atoms with E-state index < -0.39 is 0 Å². The largest absolute Gasteiger partial charge is 0.496 e. The molecule has 0 fully saturated rings. The summed E-state index contributed by atoms with van der Waals surface area (Å²) < 4.78 is 32.7. The van der Waals surface area contributed by atoms with Crippen LogP contribution in [0.1, 0.15) is 25.1 Å². The van der Waals surface area contributed by atoms with E-state index in [0.717, 1.165) is 29.7 Å². The van der Waals surface area contributed by atoms with E-state index in [9.17, 15) is 8.78 Å². The smallest absolute Gasteiger partial charge is 0.134 e. The van der Waals surface area contributed by atoms with Gasteiger partial charge in [-0.15, -0.1) is 0 Å². The highest BCUT2D eigenvalue weighted by Gasteiger charge is 2.14. The summed E-state index contributed by atoms with van der Waals surface area (Å²) in [4.78, 5) is 7.84. The topological polar surface area (TPSA) is 37.9 Å². The van der Waals surface area contributed by atoms with Crippen molar-refractivity contribution in [2.24, 2.45) is 5.92 Å². The van der Waals surface area contributed by atoms with Gasteiger partial charge >= 0.3 is 0 Å². The van der Waals surface area contributed by atoms with Crippen molar-refractivity contribution >= 4 is 17.1 Å². The fourth-order valence-electron chi connectivity index (χ4n) is 3.44. The van der Waals surface area contributed by atoms with E-state index in [4.69, 9.17) is 4.74 Å². The summed E-state index contributed by atoms with van der Waals surface area (Å²) in [6, 6.07) is 10.4. The molecule has 1 unspecified atom stereocenters. The molecule has 0 saturated carbocycles. The van der Waals surface area contributed by atoms with Crippen molar-refractivity contribution in [3.05, 3.63) is 66.0 Å². The van der Waals surface area contributed by atoms with Crippen molar-refractivity contribution in [3.63, 3.8) is 0 Å². The first-order chi connectivity index (χ1) is 13.1. The molecule has 4 rings (SSSR count). The lowest BCUT2D eigenvalue weighted by Crippen LogP contribution is -2.00. The van der Waals surface area contributed by atoms with Gasteiger partial charge in [-0.2, -0.15) is 0 Å². The molecule has 1 heterocycles. The van der Waals surface area contributed by atoms with Crippen LogP contribution in [0.5, 0.6) is 5.75 Å². The molecule has 0 bridgehead atoms. The molecule has 27 heavy (non-hydrogen) atoms. The van der Waals surface area contributed by atoms with Crippen LogP contribution >= 0.6 is 0 Å². The molecular formula is C22H20F2N2O. The third-order valence-electron chi connectivity index (χ3n) is 4.91. The lowest BCUT2D eigenvalue weighted by Gasteiger charge is -2.14. The van der Waals surface area contributed by atoms with Gasteiger partial charge in [-0.05, 0) is 61.1 Å². The monoisotopic (exact) mass is 366 g/mol. The van der Waals surface area contributed by atoms with Gasteiger partial charge in [-0.1, -0.05) is 24.3 Å². The third-order valence-corrected chi connectivity index (χ3v) is 4.91. The quantitative estimate of drug-likeness (QED) is 0.611. The van der Waals surface area contributed by atoms with Gasteiger partial charge in [-0.25, -0.2) is 13.8 Å². The number of rotatable bonds is 4.